The minimum atomic E-state index is -0.379. The van der Waals surface area contributed by atoms with Gasteiger partial charge in [0.25, 0.3) is 0 Å². The maximum Gasteiger partial charge on any atom is 0.323 e. The standard InChI is InChI=1S/C11H11N3O2/c1-2-7-5-12-4-3-8(7)10(15)9-6-13-11(16)14-9/h3-6H,2H2,1H3,(H2,13,14,16). The van der Waals surface area contributed by atoms with Crippen molar-refractivity contribution in [2.75, 3.05) is 0 Å². The molecular weight excluding hydrogens is 206 g/mol. The summed E-state index contributed by atoms with van der Waals surface area (Å²) in [7, 11) is 0. The van der Waals surface area contributed by atoms with E-state index in [4.69, 9.17) is 0 Å². The fourth-order valence-electron chi connectivity index (χ4n) is 1.53. The Morgan fingerprint density at radius 1 is 1.50 bits per heavy atom. The van der Waals surface area contributed by atoms with Gasteiger partial charge in [-0.3, -0.25) is 9.78 Å². The third kappa shape index (κ3) is 1.79. The van der Waals surface area contributed by atoms with Crippen LogP contribution in [-0.2, 0) is 6.42 Å². The van der Waals surface area contributed by atoms with Gasteiger partial charge >= 0.3 is 5.69 Å². The molecule has 82 valence electrons. The lowest BCUT2D eigenvalue weighted by Gasteiger charge is -2.03. The van der Waals surface area contributed by atoms with Crippen LogP contribution in [0, 0.1) is 0 Å². The number of rotatable bonds is 3. The first-order chi connectivity index (χ1) is 7.72. The number of hydrogen-bond donors (Lipinski definition) is 2. The van der Waals surface area contributed by atoms with Crippen molar-refractivity contribution in [3.05, 3.63) is 52.0 Å². The SMILES string of the molecule is CCc1cnccc1C(=O)c1c[nH]c(=O)[nH]1. The van der Waals surface area contributed by atoms with Crippen molar-refractivity contribution in [3.63, 3.8) is 0 Å². The van der Waals surface area contributed by atoms with Gasteiger partial charge in [0.05, 0.1) is 0 Å². The molecule has 2 rings (SSSR count). The van der Waals surface area contributed by atoms with E-state index < -0.39 is 0 Å². The van der Waals surface area contributed by atoms with E-state index in [1.54, 1.807) is 18.5 Å². The number of nitrogens with one attached hydrogen (secondary N) is 2. The molecule has 0 unspecified atom stereocenters. The lowest BCUT2D eigenvalue weighted by Crippen LogP contribution is -2.08. The predicted molar refractivity (Wildman–Crippen MR) is 58.5 cm³/mol. The zero-order valence-corrected chi connectivity index (χ0v) is 8.78. The molecule has 16 heavy (non-hydrogen) atoms. The summed E-state index contributed by atoms with van der Waals surface area (Å²) in [5.41, 5.74) is 1.34. The van der Waals surface area contributed by atoms with Crippen LogP contribution >= 0.6 is 0 Å². The fourth-order valence-corrected chi connectivity index (χ4v) is 1.53. The first kappa shape index (κ1) is 10.4. The summed E-state index contributed by atoms with van der Waals surface area (Å²) in [6.07, 6.45) is 5.34. The molecule has 0 aliphatic rings. The van der Waals surface area contributed by atoms with E-state index >= 15 is 0 Å². The Bertz CT molecular complexity index is 568. The van der Waals surface area contributed by atoms with E-state index in [1.165, 1.54) is 6.20 Å². The second kappa shape index (κ2) is 4.14. The summed E-state index contributed by atoms with van der Waals surface area (Å²) >= 11 is 0. The van der Waals surface area contributed by atoms with Gasteiger partial charge in [-0.2, -0.15) is 0 Å². The Hall–Kier alpha value is -2.17. The van der Waals surface area contributed by atoms with Gasteiger partial charge in [-0.25, -0.2) is 4.79 Å². The minimum Gasteiger partial charge on any atom is -0.312 e. The summed E-state index contributed by atoms with van der Waals surface area (Å²) in [4.78, 5) is 31.7. The van der Waals surface area contributed by atoms with Crippen molar-refractivity contribution in [3.8, 4) is 0 Å². The lowest BCUT2D eigenvalue weighted by molar-refractivity contribution is 0.103. The smallest absolute Gasteiger partial charge is 0.312 e. The normalized spacial score (nSPS) is 10.3. The molecule has 0 atom stereocenters. The van der Waals surface area contributed by atoms with Crippen LogP contribution in [0.3, 0.4) is 0 Å². The molecule has 5 nitrogen and oxygen atoms in total. The fraction of sp³-hybridized carbons (Fsp3) is 0.182. The summed E-state index contributed by atoms with van der Waals surface area (Å²) < 4.78 is 0. The van der Waals surface area contributed by atoms with Crippen LogP contribution in [0.25, 0.3) is 0 Å². The van der Waals surface area contributed by atoms with E-state index in [0.29, 0.717) is 5.56 Å². The number of imidazole rings is 1. The molecule has 0 fully saturated rings. The molecule has 2 aromatic rings. The van der Waals surface area contributed by atoms with E-state index in [1.807, 2.05) is 6.92 Å². The summed E-state index contributed by atoms with van der Waals surface area (Å²) in [6, 6.07) is 1.66. The Morgan fingerprint density at radius 3 is 2.94 bits per heavy atom. The highest BCUT2D eigenvalue weighted by molar-refractivity contribution is 6.08. The van der Waals surface area contributed by atoms with Gasteiger partial charge in [-0.05, 0) is 18.1 Å². The van der Waals surface area contributed by atoms with Crippen LogP contribution in [0.5, 0.6) is 0 Å². The number of pyridine rings is 1. The van der Waals surface area contributed by atoms with Crippen LogP contribution < -0.4 is 5.69 Å². The first-order valence-corrected chi connectivity index (χ1v) is 4.97. The molecule has 0 radical (unpaired) electrons. The molecule has 2 N–H and O–H groups in total. The quantitative estimate of drug-likeness (QED) is 0.749. The van der Waals surface area contributed by atoms with Crippen LogP contribution in [-0.4, -0.2) is 20.7 Å². The Kier molecular flexibility index (Phi) is 2.68. The van der Waals surface area contributed by atoms with Crippen LogP contribution in [0.2, 0.25) is 0 Å². The van der Waals surface area contributed by atoms with Crippen LogP contribution in [0.4, 0.5) is 0 Å². The van der Waals surface area contributed by atoms with Gasteiger partial charge in [0, 0.05) is 24.2 Å². The number of aromatic nitrogens is 3. The van der Waals surface area contributed by atoms with Crippen molar-refractivity contribution in [2.24, 2.45) is 0 Å². The summed E-state index contributed by atoms with van der Waals surface area (Å²) in [5, 5.41) is 0. The highest BCUT2D eigenvalue weighted by Gasteiger charge is 2.14. The largest absolute Gasteiger partial charge is 0.323 e. The molecule has 2 heterocycles. The number of hydrogen-bond acceptors (Lipinski definition) is 3. The molecule has 2 aromatic heterocycles. The Morgan fingerprint density at radius 2 is 2.31 bits per heavy atom. The number of H-pyrrole nitrogens is 2. The maximum atomic E-state index is 12.0. The number of nitrogens with zero attached hydrogens (tertiary/aromatic N) is 1. The van der Waals surface area contributed by atoms with E-state index in [-0.39, 0.29) is 17.2 Å². The average molecular weight is 217 g/mol. The molecule has 0 aliphatic carbocycles. The van der Waals surface area contributed by atoms with Gasteiger partial charge in [-0.1, -0.05) is 6.92 Å². The number of carbonyl (C=O) groups is 1. The molecule has 0 aromatic carbocycles. The number of carbonyl (C=O) groups excluding carboxylic acids is 1. The van der Waals surface area contributed by atoms with Crippen molar-refractivity contribution >= 4 is 5.78 Å². The minimum absolute atomic E-state index is 0.197. The number of aryl methyl sites for hydroxylation is 1. The highest BCUT2D eigenvalue weighted by atomic mass is 16.1. The van der Waals surface area contributed by atoms with Crippen LogP contribution in [0.15, 0.2) is 29.5 Å². The predicted octanol–water partition coefficient (Wildman–Crippen LogP) is 0.891. The molecular formula is C11H11N3O2. The molecule has 0 aliphatic heterocycles. The molecule has 0 saturated carbocycles. The highest BCUT2D eigenvalue weighted by Crippen LogP contribution is 2.11. The van der Waals surface area contributed by atoms with Gasteiger partial charge in [0.1, 0.15) is 5.69 Å². The van der Waals surface area contributed by atoms with Gasteiger partial charge in [-0.15, -0.1) is 0 Å². The summed E-state index contributed by atoms with van der Waals surface area (Å²) in [6.45, 7) is 1.95. The van der Waals surface area contributed by atoms with E-state index in [0.717, 1.165) is 12.0 Å². The number of ketones is 1. The maximum absolute atomic E-state index is 12.0. The monoisotopic (exact) mass is 217 g/mol. The molecule has 0 spiro atoms. The van der Waals surface area contributed by atoms with E-state index in [2.05, 4.69) is 15.0 Å². The Labute approximate surface area is 91.6 Å². The number of aromatic amines is 2. The van der Waals surface area contributed by atoms with Crippen molar-refractivity contribution in [1.82, 2.24) is 15.0 Å². The van der Waals surface area contributed by atoms with Crippen LogP contribution in [0.1, 0.15) is 28.5 Å². The van der Waals surface area contributed by atoms with Gasteiger partial charge in [0.2, 0.25) is 5.78 Å². The summed E-state index contributed by atoms with van der Waals surface area (Å²) in [5.74, 6) is -0.197. The van der Waals surface area contributed by atoms with Gasteiger partial charge in [0.15, 0.2) is 0 Å². The topological polar surface area (TPSA) is 78.6 Å². The second-order valence-corrected chi connectivity index (χ2v) is 3.37. The zero-order valence-electron chi connectivity index (χ0n) is 8.78. The second-order valence-electron chi connectivity index (χ2n) is 3.37. The van der Waals surface area contributed by atoms with Gasteiger partial charge < -0.3 is 9.97 Å². The lowest BCUT2D eigenvalue weighted by atomic mass is 10.0. The third-order valence-electron chi connectivity index (χ3n) is 2.37. The zero-order chi connectivity index (χ0) is 11.5. The average Bonchev–Trinajstić information content (AvgIpc) is 2.75. The van der Waals surface area contributed by atoms with E-state index in [9.17, 15) is 9.59 Å². The third-order valence-corrected chi connectivity index (χ3v) is 2.37. The molecule has 5 heteroatoms. The first-order valence-electron chi connectivity index (χ1n) is 4.97. The Balaban J connectivity index is 2.45. The van der Waals surface area contributed by atoms with Crippen molar-refractivity contribution in [1.29, 1.82) is 0 Å². The molecule has 0 bridgehead atoms. The molecule has 0 amide bonds. The molecule has 0 saturated heterocycles. The van der Waals surface area contributed by atoms with Crippen molar-refractivity contribution < 1.29 is 4.79 Å². The van der Waals surface area contributed by atoms with Crippen molar-refractivity contribution in [2.45, 2.75) is 13.3 Å².